The van der Waals surface area contributed by atoms with E-state index in [0.717, 1.165) is 48.8 Å². The molecule has 0 saturated carbocycles. The van der Waals surface area contributed by atoms with Gasteiger partial charge in [-0.25, -0.2) is 4.98 Å². The number of carbonyl (C=O) groups is 1. The second-order valence-electron chi connectivity index (χ2n) is 7.20. The average molecular weight is 438 g/mol. The van der Waals surface area contributed by atoms with Crippen LogP contribution in [-0.4, -0.2) is 43.8 Å². The minimum atomic E-state index is -0.222. The van der Waals surface area contributed by atoms with Gasteiger partial charge in [0.2, 0.25) is 0 Å². The quantitative estimate of drug-likeness (QED) is 0.606. The number of rotatable bonds is 7. The van der Waals surface area contributed by atoms with Crippen molar-refractivity contribution in [3.05, 3.63) is 77.4 Å². The third-order valence-corrected chi connectivity index (χ3v) is 5.33. The number of aromatic nitrogens is 1. The third kappa shape index (κ3) is 5.75. The molecule has 0 aliphatic carbocycles. The lowest BCUT2D eigenvalue weighted by atomic mass is 10.1. The van der Waals surface area contributed by atoms with Crippen LogP contribution in [0.2, 0.25) is 5.02 Å². The number of amides is 1. The first kappa shape index (κ1) is 21.2. The second kappa shape index (κ2) is 10.3. The first-order valence-electron chi connectivity index (χ1n) is 10.2. The highest BCUT2D eigenvalue weighted by Gasteiger charge is 2.12. The van der Waals surface area contributed by atoms with Crippen LogP contribution in [0.5, 0.6) is 5.75 Å². The number of anilines is 1. The molecule has 1 fully saturated rings. The smallest absolute Gasteiger partial charge is 0.258 e. The first-order valence-corrected chi connectivity index (χ1v) is 10.6. The van der Waals surface area contributed by atoms with Gasteiger partial charge in [0.05, 0.1) is 18.2 Å². The van der Waals surface area contributed by atoms with E-state index in [-0.39, 0.29) is 12.5 Å². The monoisotopic (exact) mass is 437 g/mol. The molecule has 1 aromatic heterocycles. The molecule has 160 valence electrons. The molecule has 1 aliphatic rings. The van der Waals surface area contributed by atoms with Crippen molar-refractivity contribution in [3.63, 3.8) is 0 Å². The summed E-state index contributed by atoms with van der Waals surface area (Å²) in [7, 11) is 0. The highest BCUT2D eigenvalue weighted by atomic mass is 35.5. The Balaban J connectivity index is 1.25. The summed E-state index contributed by atoms with van der Waals surface area (Å²) in [4.78, 5) is 18.9. The number of benzene rings is 2. The van der Waals surface area contributed by atoms with Gasteiger partial charge in [0, 0.05) is 25.8 Å². The Morgan fingerprint density at radius 2 is 1.87 bits per heavy atom. The number of nitrogens with one attached hydrogen (secondary N) is 1. The van der Waals surface area contributed by atoms with E-state index in [1.54, 1.807) is 12.3 Å². The number of ether oxygens (including phenoxy) is 2. The Morgan fingerprint density at radius 1 is 1.06 bits per heavy atom. The number of hydrogen-bond donors (Lipinski definition) is 1. The van der Waals surface area contributed by atoms with E-state index in [9.17, 15) is 4.79 Å². The van der Waals surface area contributed by atoms with E-state index < -0.39 is 0 Å². The molecule has 1 N–H and O–H groups in total. The van der Waals surface area contributed by atoms with Gasteiger partial charge in [0.15, 0.2) is 6.61 Å². The SMILES string of the molecule is O=C(COc1ccc(-c2ccccc2)cc1Cl)NCc1ccc(N2CCOCC2)nc1. The lowest BCUT2D eigenvalue weighted by Crippen LogP contribution is -2.36. The first-order chi connectivity index (χ1) is 15.2. The summed E-state index contributed by atoms with van der Waals surface area (Å²) in [5.74, 6) is 1.18. The Hall–Kier alpha value is -3.09. The molecule has 6 nitrogen and oxygen atoms in total. The summed E-state index contributed by atoms with van der Waals surface area (Å²) in [6, 6.07) is 19.4. The number of hydrogen-bond acceptors (Lipinski definition) is 5. The number of halogens is 1. The molecule has 4 rings (SSSR count). The fraction of sp³-hybridized carbons (Fsp3) is 0.250. The van der Waals surface area contributed by atoms with E-state index in [1.807, 2.05) is 54.6 Å². The van der Waals surface area contributed by atoms with Crippen LogP contribution in [0.3, 0.4) is 0 Å². The maximum atomic E-state index is 12.2. The molecule has 1 saturated heterocycles. The fourth-order valence-corrected chi connectivity index (χ4v) is 3.56. The van der Waals surface area contributed by atoms with Crippen molar-refractivity contribution in [2.75, 3.05) is 37.8 Å². The fourth-order valence-electron chi connectivity index (χ4n) is 3.32. The summed E-state index contributed by atoms with van der Waals surface area (Å²) < 4.78 is 11.0. The summed E-state index contributed by atoms with van der Waals surface area (Å²) in [5.41, 5.74) is 2.99. The maximum Gasteiger partial charge on any atom is 0.258 e. The van der Waals surface area contributed by atoms with Crippen LogP contribution in [0, 0.1) is 0 Å². The predicted molar refractivity (Wildman–Crippen MR) is 121 cm³/mol. The van der Waals surface area contributed by atoms with Gasteiger partial charge in [-0.05, 0) is 34.9 Å². The van der Waals surface area contributed by atoms with Crippen molar-refractivity contribution in [2.45, 2.75) is 6.54 Å². The molecule has 1 amide bonds. The molecule has 0 unspecified atom stereocenters. The van der Waals surface area contributed by atoms with E-state index in [4.69, 9.17) is 21.1 Å². The lowest BCUT2D eigenvalue weighted by molar-refractivity contribution is -0.123. The van der Waals surface area contributed by atoms with Crippen LogP contribution < -0.4 is 15.0 Å². The number of pyridine rings is 1. The topological polar surface area (TPSA) is 63.7 Å². The van der Waals surface area contributed by atoms with Crippen LogP contribution in [0.4, 0.5) is 5.82 Å². The third-order valence-electron chi connectivity index (χ3n) is 5.03. The van der Waals surface area contributed by atoms with Gasteiger partial charge in [0.1, 0.15) is 11.6 Å². The molecule has 2 aromatic carbocycles. The van der Waals surface area contributed by atoms with E-state index >= 15 is 0 Å². The van der Waals surface area contributed by atoms with Gasteiger partial charge >= 0.3 is 0 Å². The molecular formula is C24H24ClN3O3. The second-order valence-corrected chi connectivity index (χ2v) is 7.61. The van der Waals surface area contributed by atoms with Gasteiger partial charge in [-0.15, -0.1) is 0 Å². The molecule has 0 spiro atoms. The molecule has 1 aliphatic heterocycles. The van der Waals surface area contributed by atoms with Crippen LogP contribution in [0.1, 0.15) is 5.56 Å². The molecule has 0 atom stereocenters. The predicted octanol–water partition coefficient (Wildman–Crippen LogP) is 3.93. The zero-order chi connectivity index (χ0) is 21.5. The molecular weight excluding hydrogens is 414 g/mol. The molecule has 2 heterocycles. The van der Waals surface area contributed by atoms with Gasteiger partial charge in [-0.1, -0.05) is 54.1 Å². The largest absolute Gasteiger partial charge is 0.482 e. The van der Waals surface area contributed by atoms with Crippen molar-refractivity contribution in [1.29, 1.82) is 0 Å². The van der Waals surface area contributed by atoms with Gasteiger partial charge in [-0.2, -0.15) is 0 Å². The summed E-state index contributed by atoms with van der Waals surface area (Å²) >= 11 is 6.34. The van der Waals surface area contributed by atoms with Crippen LogP contribution >= 0.6 is 11.6 Å². The van der Waals surface area contributed by atoms with Crippen molar-refractivity contribution >= 4 is 23.3 Å². The Labute approximate surface area is 186 Å². The van der Waals surface area contributed by atoms with Crippen LogP contribution in [-0.2, 0) is 16.1 Å². The summed E-state index contributed by atoms with van der Waals surface area (Å²) in [6.45, 7) is 3.41. The van der Waals surface area contributed by atoms with E-state index in [1.165, 1.54) is 0 Å². The minimum Gasteiger partial charge on any atom is -0.482 e. The van der Waals surface area contributed by atoms with Gasteiger partial charge in [0.25, 0.3) is 5.91 Å². The average Bonchev–Trinajstić information content (AvgIpc) is 2.83. The van der Waals surface area contributed by atoms with Crippen LogP contribution in [0.15, 0.2) is 66.9 Å². The number of carbonyl (C=O) groups excluding carboxylic acids is 1. The zero-order valence-electron chi connectivity index (χ0n) is 17.1. The molecule has 0 bridgehead atoms. The summed E-state index contributed by atoms with van der Waals surface area (Å²) in [5, 5.41) is 3.31. The molecule has 3 aromatic rings. The van der Waals surface area contributed by atoms with E-state index in [0.29, 0.717) is 17.3 Å². The van der Waals surface area contributed by atoms with Crippen molar-refractivity contribution in [2.24, 2.45) is 0 Å². The number of morpholine rings is 1. The van der Waals surface area contributed by atoms with E-state index in [2.05, 4.69) is 15.2 Å². The van der Waals surface area contributed by atoms with Crippen LogP contribution in [0.25, 0.3) is 11.1 Å². The van der Waals surface area contributed by atoms with Gasteiger partial charge in [-0.3, -0.25) is 4.79 Å². The lowest BCUT2D eigenvalue weighted by Gasteiger charge is -2.27. The highest BCUT2D eigenvalue weighted by Crippen LogP contribution is 2.30. The van der Waals surface area contributed by atoms with Crippen molar-refractivity contribution in [3.8, 4) is 16.9 Å². The Morgan fingerprint density at radius 3 is 2.58 bits per heavy atom. The standard InChI is InChI=1S/C24H24ClN3O3/c25-21-14-20(19-4-2-1-3-5-19)7-8-22(21)31-17-24(29)27-16-18-6-9-23(26-15-18)28-10-12-30-13-11-28/h1-9,14-15H,10-13,16-17H2,(H,27,29). The maximum absolute atomic E-state index is 12.2. The molecule has 0 radical (unpaired) electrons. The summed E-state index contributed by atoms with van der Waals surface area (Å²) in [6.07, 6.45) is 1.78. The highest BCUT2D eigenvalue weighted by molar-refractivity contribution is 6.32. The zero-order valence-corrected chi connectivity index (χ0v) is 17.8. The van der Waals surface area contributed by atoms with Gasteiger partial charge < -0.3 is 19.7 Å². The molecule has 31 heavy (non-hydrogen) atoms. The van der Waals surface area contributed by atoms with Crippen molar-refractivity contribution in [1.82, 2.24) is 10.3 Å². The minimum absolute atomic E-state index is 0.107. The normalized spacial score (nSPS) is 13.6. The van der Waals surface area contributed by atoms with Crippen molar-refractivity contribution < 1.29 is 14.3 Å². The molecule has 7 heteroatoms. The Bertz CT molecular complexity index is 1010. The Kier molecular flexibility index (Phi) is 7.02. The number of nitrogens with zero attached hydrogens (tertiary/aromatic N) is 2.